The highest BCUT2D eigenvalue weighted by Gasteiger charge is 2.44. The van der Waals surface area contributed by atoms with Crippen molar-refractivity contribution >= 4 is 17.8 Å². The molecule has 8 nitrogen and oxygen atoms in total. The molecule has 4 amide bonds. The van der Waals surface area contributed by atoms with Crippen molar-refractivity contribution in [3.8, 4) is 5.75 Å². The zero-order valence-electron chi connectivity index (χ0n) is 19.4. The lowest BCUT2D eigenvalue weighted by molar-refractivity contribution is -0.129. The molecule has 2 aliphatic heterocycles. The van der Waals surface area contributed by atoms with Gasteiger partial charge in [-0.05, 0) is 49.8 Å². The summed E-state index contributed by atoms with van der Waals surface area (Å²) in [5.74, 6) is 0.480. The summed E-state index contributed by atoms with van der Waals surface area (Å²) in [4.78, 5) is 39.6. The van der Waals surface area contributed by atoms with Gasteiger partial charge in [-0.15, -0.1) is 0 Å². The van der Waals surface area contributed by atoms with Gasteiger partial charge < -0.3 is 20.1 Å². The van der Waals surface area contributed by atoms with Crippen molar-refractivity contribution in [3.63, 3.8) is 0 Å². The van der Waals surface area contributed by atoms with Crippen molar-refractivity contribution < 1.29 is 23.9 Å². The van der Waals surface area contributed by atoms with Gasteiger partial charge in [-0.3, -0.25) is 14.5 Å². The molecule has 3 fully saturated rings. The fraction of sp³-hybridized carbons (Fsp3) is 0.640. The maximum Gasteiger partial charge on any atom is 0.324 e. The van der Waals surface area contributed by atoms with Crippen LogP contribution in [0.3, 0.4) is 0 Å². The largest absolute Gasteiger partial charge is 0.497 e. The Morgan fingerprint density at radius 1 is 1.15 bits per heavy atom. The molecular formula is C25H35N3O5. The number of carbonyl (C=O) groups is 3. The lowest BCUT2D eigenvalue weighted by Gasteiger charge is -2.39. The number of methoxy groups -OCH3 is 1. The topological polar surface area (TPSA) is 97.0 Å². The Morgan fingerprint density at radius 2 is 1.85 bits per heavy atom. The molecule has 2 N–H and O–H groups in total. The molecule has 1 unspecified atom stereocenters. The Bertz CT molecular complexity index is 844. The third kappa shape index (κ3) is 5.49. The van der Waals surface area contributed by atoms with Gasteiger partial charge in [-0.1, -0.05) is 31.4 Å². The zero-order chi connectivity index (χ0) is 23.3. The lowest BCUT2D eigenvalue weighted by atomic mass is 9.73. The second-order valence-corrected chi connectivity index (χ2v) is 9.49. The van der Waals surface area contributed by atoms with E-state index in [2.05, 4.69) is 10.6 Å². The number of nitrogens with one attached hydrogen (secondary N) is 2. The number of nitrogens with zero attached hydrogens (tertiary/aromatic N) is 1. The first-order valence-corrected chi connectivity index (χ1v) is 12.1. The number of imide groups is 1. The fourth-order valence-corrected chi connectivity index (χ4v) is 5.29. The van der Waals surface area contributed by atoms with Crippen LogP contribution in [-0.4, -0.2) is 61.7 Å². The smallest absolute Gasteiger partial charge is 0.324 e. The molecule has 33 heavy (non-hydrogen) atoms. The summed E-state index contributed by atoms with van der Waals surface area (Å²) in [6.07, 6.45) is 7.59. The van der Waals surface area contributed by atoms with E-state index < -0.39 is 6.04 Å². The molecule has 2 heterocycles. The first kappa shape index (κ1) is 23.5. The van der Waals surface area contributed by atoms with E-state index in [1.165, 1.54) is 11.3 Å². The molecule has 0 bridgehead atoms. The van der Waals surface area contributed by atoms with E-state index >= 15 is 0 Å². The average molecular weight is 458 g/mol. The molecule has 1 saturated carbocycles. The zero-order valence-corrected chi connectivity index (χ0v) is 19.4. The Labute approximate surface area is 195 Å². The van der Waals surface area contributed by atoms with E-state index in [1.807, 2.05) is 24.3 Å². The summed E-state index contributed by atoms with van der Waals surface area (Å²) in [5, 5.41) is 5.88. The van der Waals surface area contributed by atoms with Crippen molar-refractivity contribution in [3.05, 3.63) is 29.8 Å². The van der Waals surface area contributed by atoms with Crippen LogP contribution in [-0.2, 0) is 19.7 Å². The molecule has 4 rings (SSSR count). The van der Waals surface area contributed by atoms with Gasteiger partial charge in [-0.25, -0.2) is 4.79 Å². The van der Waals surface area contributed by atoms with Gasteiger partial charge in [-0.2, -0.15) is 0 Å². The summed E-state index contributed by atoms with van der Waals surface area (Å²) < 4.78 is 10.9. The van der Waals surface area contributed by atoms with E-state index in [-0.39, 0.29) is 35.7 Å². The second-order valence-electron chi connectivity index (χ2n) is 9.49. The Hall–Kier alpha value is -2.61. The average Bonchev–Trinajstić information content (AvgIpc) is 3.11. The summed E-state index contributed by atoms with van der Waals surface area (Å²) >= 11 is 0. The van der Waals surface area contributed by atoms with Gasteiger partial charge in [0.2, 0.25) is 5.91 Å². The first-order valence-electron chi connectivity index (χ1n) is 12.1. The van der Waals surface area contributed by atoms with Gasteiger partial charge >= 0.3 is 6.03 Å². The number of carbonyl (C=O) groups excluding carboxylic acids is 3. The van der Waals surface area contributed by atoms with Crippen LogP contribution in [0.1, 0.15) is 63.4 Å². The molecule has 3 aliphatic rings. The molecular weight excluding hydrogens is 422 g/mol. The minimum atomic E-state index is -0.651. The summed E-state index contributed by atoms with van der Waals surface area (Å²) in [7, 11) is 1.63. The van der Waals surface area contributed by atoms with Gasteiger partial charge in [0.15, 0.2) is 0 Å². The molecule has 0 radical (unpaired) electrons. The standard InChI is InChI=1S/C25H35N3O5/c1-32-20-9-7-18(8-10-20)25(13-15-33-16-14-25)17-28-23(30)21(27-24(28)31)11-12-22(29)26-19-5-3-2-4-6-19/h7-10,19,21H,2-6,11-17H2,1H3,(H,26,29)(H,27,31). The van der Waals surface area contributed by atoms with Gasteiger partial charge in [0, 0.05) is 37.6 Å². The van der Waals surface area contributed by atoms with Crippen molar-refractivity contribution in [2.24, 2.45) is 0 Å². The molecule has 180 valence electrons. The molecule has 1 atom stereocenters. The van der Waals surface area contributed by atoms with Gasteiger partial charge in [0.05, 0.1) is 7.11 Å². The van der Waals surface area contributed by atoms with E-state index in [1.54, 1.807) is 7.11 Å². The van der Waals surface area contributed by atoms with Crippen LogP contribution in [0.25, 0.3) is 0 Å². The van der Waals surface area contributed by atoms with Crippen molar-refractivity contribution in [2.75, 3.05) is 26.9 Å². The Kier molecular flexibility index (Phi) is 7.53. The van der Waals surface area contributed by atoms with Gasteiger partial charge in [0.1, 0.15) is 11.8 Å². The number of benzene rings is 1. The van der Waals surface area contributed by atoms with Crippen LogP contribution in [0.4, 0.5) is 4.79 Å². The maximum absolute atomic E-state index is 13.1. The van der Waals surface area contributed by atoms with Crippen LogP contribution in [0, 0.1) is 0 Å². The number of ether oxygens (including phenoxy) is 2. The van der Waals surface area contributed by atoms with Crippen LogP contribution in [0.5, 0.6) is 5.75 Å². The molecule has 2 saturated heterocycles. The summed E-state index contributed by atoms with van der Waals surface area (Å²) in [6, 6.07) is 7.05. The highest BCUT2D eigenvalue weighted by atomic mass is 16.5. The third-order valence-corrected chi connectivity index (χ3v) is 7.35. The first-order chi connectivity index (χ1) is 16.0. The number of rotatable bonds is 8. The van der Waals surface area contributed by atoms with Crippen molar-refractivity contribution in [1.82, 2.24) is 15.5 Å². The van der Waals surface area contributed by atoms with E-state index in [0.717, 1.165) is 49.8 Å². The molecule has 1 aliphatic carbocycles. The Balaban J connectivity index is 1.38. The second kappa shape index (κ2) is 10.5. The number of hydrogen-bond acceptors (Lipinski definition) is 5. The third-order valence-electron chi connectivity index (χ3n) is 7.35. The predicted octanol–water partition coefficient (Wildman–Crippen LogP) is 2.89. The van der Waals surface area contributed by atoms with Gasteiger partial charge in [0.25, 0.3) is 5.91 Å². The number of amides is 4. The highest BCUT2D eigenvalue weighted by molar-refractivity contribution is 6.04. The monoisotopic (exact) mass is 457 g/mol. The molecule has 0 spiro atoms. The maximum atomic E-state index is 13.1. The molecule has 1 aromatic rings. The van der Waals surface area contributed by atoms with Crippen molar-refractivity contribution in [1.29, 1.82) is 0 Å². The summed E-state index contributed by atoms with van der Waals surface area (Å²) in [5.41, 5.74) is 0.715. The fourth-order valence-electron chi connectivity index (χ4n) is 5.29. The van der Waals surface area contributed by atoms with E-state index in [0.29, 0.717) is 26.2 Å². The lowest BCUT2D eigenvalue weighted by Crippen LogP contribution is -2.47. The van der Waals surface area contributed by atoms with Crippen LogP contribution >= 0.6 is 0 Å². The number of hydrogen-bond donors (Lipinski definition) is 2. The normalized spacial score (nSPS) is 23.3. The highest BCUT2D eigenvalue weighted by Crippen LogP contribution is 2.37. The molecule has 1 aromatic carbocycles. The van der Waals surface area contributed by atoms with E-state index in [9.17, 15) is 14.4 Å². The SMILES string of the molecule is COc1ccc(C2(CN3C(=O)NC(CCC(=O)NC4CCCCC4)C3=O)CCOCC2)cc1. The minimum Gasteiger partial charge on any atom is -0.497 e. The van der Waals surface area contributed by atoms with Crippen molar-refractivity contribution in [2.45, 2.75) is 75.3 Å². The summed E-state index contributed by atoms with van der Waals surface area (Å²) in [6.45, 7) is 1.47. The molecule has 8 heteroatoms. The quantitative estimate of drug-likeness (QED) is 0.585. The van der Waals surface area contributed by atoms with Crippen LogP contribution < -0.4 is 15.4 Å². The molecule has 0 aromatic heterocycles. The predicted molar refractivity (Wildman–Crippen MR) is 123 cm³/mol. The van der Waals surface area contributed by atoms with Crippen LogP contribution in [0.15, 0.2) is 24.3 Å². The number of urea groups is 1. The van der Waals surface area contributed by atoms with E-state index in [4.69, 9.17) is 9.47 Å². The Morgan fingerprint density at radius 3 is 2.52 bits per heavy atom. The van der Waals surface area contributed by atoms with Crippen LogP contribution in [0.2, 0.25) is 0 Å². The minimum absolute atomic E-state index is 0.0402.